The largest absolute Gasteiger partial charge is 0.380 e. The zero-order chi connectivity index (χ0) is 11.1. The third-order valence-electron chi connectivity index (χ3n) is 2.10. The third kappa shape index (κ3) is 4.73. The topological polar surface area (TPSA) is 34.1 Å². The van der Waals surface area contributed by atoms with Gasteiger partial charge in [0.25, 0.3) is 0 Å². The first-order chi connectivity index (χ1) is 7.26. The molecular formula is C11H20N2OS. The minimum atomic E-state index is 0.389. The Kier molecular flexibility index (Phi) is 5.83. The van der Waals surface area contributed by atoms with E-state index in [1.807, 2.05) is 13.8 Å². The quantitative estimate of drug-likeness (QED) is 0.775. The van der Waals surface area contributed by atoms with E-state index in [0.29, 0.717) is 6.04 Å². The number of hydrogen-bond donors (Lipinski definition) is 1. The molecule has 0 aliphatic carbocycles. The average Bonchev–Trinajstić information content (AvgIpc) is 2.61. The smallest absolute Gasteiger partial charge is 0.0944 e. The van der Waals surface area contributed by atoms with Gasteiger partial charge in [-0.15, -0.1) is 11.3 Å². The van der Waals surface area contributed by atoms with Crippen LogP contribution in [-0.4, -0.2) is 30.8 Å². The number of ether oxygens (including phenoxy) is 1. The molecule has 1 aromatic rings. The summed E-state index contributed by atoms with van der Waals surface area (Å²) < 4.78 is 5.44. The van der Waals surface area contributed by atoms with Crippen LogP contribution in [0.4, 0.5) is 0 Å². The molecule has 15 heavy (non-hydrogen) atoms. The fourth-order valence-corrected chi connectivity index (χ4v) is 2.30. The second-order valence-corrected chi connectivity index (χ2v) is 4.44. The predicted octanol–water partition coefficient (Wildman–Crippen LogP) is 2.01. The molecular weight excluding hydrogens is 208 g/mol. The number of nitrogens with one attached hydrogen (secondary N) is 1. The van der Waals surface area contributed by atoms with E-state index in [-0.39, 0.29) is 0 Å². The van der Waals surface area contributed by atoms with Crippen molar-refractivity contribution in [1.29, 1.82) is 0 Å². The minimum Gasteiger partial charge on any atom is -0.380 e. The monoisotopic (exact) mass is 228 g/mol. The maximum absolute atomic E-state index is 5.44. The van der Waals surface area contributed by atoms with Crippen LogP contribution in [0.15, 0.2) is 5.38 Å². The highest BCUT2D eigenvalue weighted by Crippen LogP contribution is 2.11. The standard InChI is InChI=1S/C11H20N2OS/c1-4-12-10(7-14-5-2)6-11-13-9(3)8-15-11/h8,10,12H,4-7H2,1-3H3. The molecule has 0 aromatic carbocycles. The Bertz CT molecular complexity index is 275. The maximum Gasteiger partial charge on any atom is 0.0944 e. The molecule has 1 aromatic heterocycles. The van der Waals surface area contributed by atoms with Gasteiger partial charge in [-0.2, -0.15) is 0 Å². The van der Waals surface area contributed by atoms with Gasteiger partial charge < -0.3 is 10.1 Å². The van der Waals surface area contributed by atoms with Crippen molar-refractivity contribution in [1.82, 2.24) is 10.3 Å². The fraction of sp³-hybridized carbons (Fsp3) is 0.727. The lowest BCUT2D eigenvalue weighted by Gasteiger charge is -2.16. The first-order valence-corrected chi connectivity index (χ1v) is 6.36. The number of likely N-dealkylation sites (N-methyl/N-ethyl adjacent to an activating group) is 1. The van der Waals surface area contributed by atoms with Crippen LogP contribution in [0.1, 0.15) is 24.5 Å². The summed E-state index contributed by atoms with van der Waals surface area (Å²) in [6.45, 7) is 8.69. The Morgan fingerprint density at radius 3 is 2.87 bits per heavy atom. The Hall–Kier alpha value is -0.450. The molecule has 3 nitrogen and oxygen atoms in total. The van der Waals surface area contributed by atoms with Crippen molar-refractivity contribution in [3.8, 4) is 0 Å². The summed E-state index contributed by atoms with van der Waals surface area (Å²) >= 11 is 1.73. The Balaban J connectivity index is 2.42. The molecule has 0 aliphatic rings. The molecule has 0 amide bonds. The van der Waals surface area contributed by atoms with Gasteiger partial charge in [0.2, 0.25) is 0 Å². The summed E-state index contributed by atoms with van der Waals surface area (Å²) in [7, 11) is 0. The molecule has 86 valence electrons. The second-order valence-electron chi connectivity index (χ2n) is 3.50. The lowest BCUT2D eigenvalue weighted by molar-refractivity contribution is 0.123. The summed E-state index contributed by atoms with van der Waals surface area (Å²) in [4.78, 5) is 4.46. The molecule has 1 unspecified atom stereocenters. The Morgan fingerprint density at radius 2 is 2.33 bits per heavy atom. The first-order valence-electron chi connectivity index (χ1n) is 5.48. The number of aromatic nitrogens is 1. The van der Waals surface area contributed by atoms with Gasteiger partial charge in [0.1, 0.15) is 0 Å². The Morgan fingerprint density at radius 1 is 1.53 bits per heavy atom. The van der Waals surface area contributed by atoms with Gasteiger partial charge in [-0.3, -0.25) is 0 Å². The van der Waals surface area contributed by atoms with E-state index in [1.54, 1.807) is 11.3 Å². The van der Waals surface area contributed by atoms with Gasteiger partial charge >= 0.3 is 0 Å². The molecule has 1 rings (SSSR count). The van der Waals surface area contributed by atoms with Gasteiger partial charge in [-0.25, -0.2) is 4.98 Å². The zero-order valence-corrected chi connectivity index (χ0v) is 10.6. The number of aryl methyl sites for hydroxylation is 1. The third-order valence-corrected chi connectivity index (χ3v) is 3.09. The highest BCUT2D eigenvalue weighted by Gasteiger charge is 2.10. The summed E-state index contributed by atoms with van der Waals surface area (Å²) in [5.41, 5.74) is 1.11. The van der Waals surface area contributed by atoms with E-state index in [9.17, 15) is 0 Å². The summed E-state index contributed by atoms with van der Waals surface area (Å²) in [5, 5.41) is 6.71. The SMILES string of the molecule is CCNC(COCC)Cc1nc(C)cs1. The summed E-state index contributed by atoms with van der Waals surface area (Å²) in [6, 6.07) is 0.389. The maximum atomic E-state index is 5.44. The molecule has 0 spiro atoms. The molecule has 0 aliphatic heterocycles. The van der Waals surface area contributed by atoms with Crippen LogP contribution in [0.2, 0.25) is 0 Å². The van der Waals surface area contributed by atoms with Crippen LogP contribution in [-0.2, 0) is 11.2 Å². The normalized spacial score (nSPS) is 13.0. The van der Waals surface area contributed by atoms with Crippen LogP contribution in [0.5, 0.6) is 0 Å². The van der Waals surface area contributed by atoms with Crippen LogP contribution < -0.4 is 5.32 Å². The number of hydrogen-bond acceptors (Lipinski definition) is 4. The molecule has 4 heteroatoms. The van der Waals surface area contributed by atoms with E-state index in [4.69, 9.17) is 4.74 Å². The van der Waals surface area contributed by atoms with E-state index < -0.39 is 0 Å². The van der Waals surface area contributed by atoms with Gasteiger partial charge in [0.15, 0.2) is 0 Å². The van der Waals surface area contributed by atoms with E-state index in [1.165, 1.54) is 5.01 Å². The molecule has 1 atom stereocenters. The zero-order valence-electron chi connectivity index (χ0n) is 9.75. The van der Waals surface area contributed by atoms with Crippen molar-refractivity contribution < 1.29 is 4.74 Å². The second kappa shape index (κ2) is 6.93. The summed E-state index contributed by atoms with van der Waals surface area (Å²) in [6.07, 6.45) is 0.965. The van der Waals surface area contributed by atoms with Gasteiger partial charge in [0, 0.05) is 30.1 Å². The lowest BCUT2D eigenvalue weighted by Crippen LogP contribution is -2.35. The molecule has 0 saturated heterocycles. The van der Waals surface area contributed by atoms with Crippen LogP contribution in [0.3, 0.4) is 0 Å². The van der Waals surface area contributed by atoms with Crippen molar-refractivity contribution in [2.24, 2.45) is 0 Å². The average molecular weight is 228 g/mol. The number of nitrogens with zero attached hydrogens (tertiary/aromatic N) is 1. The molecule has 0 fully saturated rings. The summed E-state index contributed by atoms with van der Waals surface area (Å²) in [5.74, 6) is 0. The van der Waals surface area contributed by atoms with E-state index in [0.717, 1.165) is 31.9 Å². The molecule has 0 bridgehead atoms. The number of rotatable bonds is 7. The van der Waals surface area contributed by atoms with Crippen LogP contribution >= 0.6 is 11.3 Å². The van der Waals surface area contributed by atoms with Crippen molar-refractivity contribution in [3.63, 3.8) is 0 Å². The number of thiazole rings is 1. The van der Waals surface area contributed by atoms with Gasteiger partial charge in [-0.1, -0.05) is 6.92 Å². The Labute approximate surface area is 95.9 Å². The van der Waals surface area contributed by atoms with Crippen LogP contribution in [0, 0.1) is 6.92 Å². The van der Waals surface area contributed by atoms with Crippen molar-refractivity contribution in [2.75, 3.05) is 19.8 Å². The highest BCUT2D eigenvalue weighted by atomic mass is 32.1. The van der Waals surface area contributed by atoms with E-state index >= 15 is 0 Å². The highest BCUT2D eigenvalue weighted by molar-refractivity contribution is 7.09. The first kappa shape index (κ1) is 12.6. The molecule has 1 N–H and O–H groups in total. The van der Waals surface area contributed by atoms with E-state index in [2.05, 4.69) is 22.6 Å². The van der Waals surface area contributed by atoms with Crippen molar-refractivity contribution in [2.45, 2.75) is 33.2 Å². The fourth-order valence-electron chi connectivity index (χ4n) is 1.45. The molecule has 0 radical (unpaired) electrons. The van der Waals surface area contributed by atoms with Crippen LogP contribution in [0.25, 0.3) is 0 Å². The molecule has 1 heterocycles. The van der Waals surface area contributed by atoms with Gasteiger partial charge in [-0.05, 0) is 20.4 Å². The van der Waals surface area contributed by atoms with Crippen molar-refractivity contribution >= 4 is 11.3 Å². The molecule has 0 saturated carbocycles. The lowest BCUT2D eigenvalue weighted by atomic mass is 10.2. The van der Waals surface area contributed by atoms with Crippen molar-refractivity contribution in [3.05, 3.63) is 16.1 Å². The van der Waals surface area contributed by atoms with Gasteiger partial charge in [0.05, 0.1) is 11.6 Å². The predicted molar refractivity (Wildman–Crippen MR) is 64.5 cm³/mol. The minimum absolute atomic E-state index is 0.389.